The molecule has 0 bridgehead atoms. The summed E-state index contributed by atoms with van der Waals surface area (Å²) < 4.78 is 0. The molecule has 3 N–H and O–H groups in total. The Balaban J connectivity index is 1.75. The first-order valence-corrected chi connectivity index (χ1v) is 8.55. The molecule has 1 aromatic heterocycles. The Hall–Kier alpha value is -1.56. The van der Waals surface area contributed by atoms with E-state index < -0.39 is 0 Å². The van der Waals surface area contributed by atoms with E-state index in [0.717, 1.165) is 38.3 Å². The molecule has 6 nitrogen and oxygen atoms in total. The van der Waals surface area contributed by atoms with E-state index in [0.29, 0.717) is 5.92 Å². The van der Waals surface area contributed by atoms with E-state index >= 15 is 0 Å². The van der Waals surface area contributed by atoms with Crippen LogP contribution in [-0.2, 0) is 12.0 Å². The third kappa shape index (κ3) is 5.53. The average Bonchev–Trinajstić information content (AvgIpc) is 3.05. The maximum Gasteiger partial charge on any atom is 0.314 e. The van der Waals surface area contributed by atoms with E-state index in [4.69, 9.17) is 0 Å². The summed E-state index contributed by atoms with van der Waals surface area (Å²) in [6.45, 7) is 14.2. The SMILES string of the molecule is CC(C)NC(=O)NCC1CCN(Cc2cc(C(C)(C)C)n[nH]2)C1. The highest BCUT2D eigenvalue weighted by atomic mass is 16.2. The number of rotatable bonds is 5. The first-order chi connectivity index (χ1) is 10.7. The van der Waals surface area contributed by atoms with Gasteiger partial charge in [0.2, 0.25) is 0 Å². The molecule has 1 saturated heterocycles. The van der Waals surface area contributed by atoms with Crippen molar-refractivity contribution in [1.82, 2.24) is 25.7 Å². The molecule has 6 heteroatoms. The Morgan fingerprint density at radius 2 is 2.22 bits per heavy atom. The molecule has 2 heterocycles. The number of amides is 2. The highest BCUT2D eigenvalue weighted by Crippen LogP contribution is 2.22. The minimum atomic E-state index is -0.0677. The molecule has 0 saturated carbocycles. The van der Waals surface area contributed by atoms with Gasteiger partial charge >= 0.3 is 6.03 Å². The number of urea groups is 1. The van der Waals surface area contributed by atoms with Crippen molar-refractivity contribution in [3.05, 3.63) is 17.5 Å². The fourth-order valence-electron chi connectivity index (χ4n) is 2.84. The summed E-state index contributed by atoms with van der Waals surface area (Å²) in [4.78, 5) is 14.1. The van der Waals surface area contributed by atoms with E-state index in [1.54, 1.807) is 0 Å². The van der Waals surface area contributed by atoms with Crippen molar-refractivity contribution in [1.29, 1.82) is 0 Å². The van der Waals surface area contributed by atoms with Crippen molar-refractivity contribution in [3.63, 3.8) is 0 Å². The standard InChI is InChI=1S/C17H31N5O/c1-12(2)19-16(23)18-9-13-6-7-22(10-13)11-14-8-15(21-20-14)17(3,4)5/h8,12-13H,6-7,9-11H2,1-5H3,(H,20,21)(H2,18,19,23). The van der Waals surface area contributed by atoms with E-state index in [-0.39, 0.29) is 17.5 Å². The smallest absolute Gasteiger partial charge is 0.314 e. The van der Waals surface area contributed by atoms with Crippen molar-refractivity contribution < 1.29 is 4.79 Å². The Kier molecular flexibility index (Phi) is 5.68. The summed E-state index contributed by atoms with van der Waals surface area (Å²) in [7, 11) is 0. The van der Waals surface area contributed by atoms with Gasteiger partial charge in [-0.2, -0.15) is 5.10 Å². The first-order valence-electron chi connectivity index (χ1n) is 8.55. The van der Waals surface area contributed by atoms with E-state index in [9.17, 15) is 4.79 Å². The van der Waals surface area contributed by atoms with Gasteiger partial charge in [0.25, 0.3) is 0 Å². The van der Waals surface area contributed by atoms with Crippen molar-refractivity contribution in [2.75, 3.05) is 19.6 Å². The van der Waals surface area contributed by atoms with Gasteiger partial charge in [0.1, 0.15) is 0 Å². The molecule has 0 spiro atoms. The minimum absolute atomic E-state index is 0.0677. The zero-order valence-electron chi connectivity index (χ0n) is 15.1. The molecule has 1 unspecified atom stereocenters. The number of aromatic amines is 1. The molecule has 0 aliphatic carbocycles. The van der Waals surface area contributed by atoms with Gasteiger partial charge in [0.05, 0.1) is 5.69 Å². The van der Waals surface area contributed by atoms with Gasteiger partial charge in [-0.15, -0.1) is 0 Å². The van der Waals surface area contributed by atoms with Crippen molar-refractivity contribution in [2.45, 2.75) is 59.0 Å². The predicted octanol–water partition coefficient (Wildman–Crippen LogP) is 2.24. The lowest BCUT2D eigenvalue weighted by Crippen LogP contribution is -2.41. The van der Waals surface area contributed by atoms with Crippen LogP contribution in [0, 0.1) is 5.92 Å². The average molecular weight is 321 g/mol. The number of likely N-dealkylation sites (tertiary alicyclic amines) is 1. The van der Waals surface area contributed by atoms with Crippen LogP contribution in [0.1, 0.15) is 52.4 Å². The number of nitrogens with one attached hydrogen (secondary N) is 3. The van der Waals surface area contributed by atoms with Gasteiger partial charge in [-0.05, 0) is 38.8 Å². The van der Waals surface area contributed by atoms with Crippen LogP contribution in [0.15, 0.2) is 6.07 Å². The van der Waals surface area contributed by atoms with Crippen LogP contribution in [0.4, 0.5) is 4.79 Å². The number of H-pyrrole nitrogens is 1. The predicted molar refractivity (Wildman–Crippen MR) is 92.3 cm³/mol. The maximum absolute atomic E-state index is 11.6. The van der Waals surface area contributed by atoms with Gasteiger partial charge in [-0.1, -0.05) is 20.8 Å². The molecule has 0 aromatic carbocycles. The van der Waals surface area contributed by atoms with E-state index in [1.807, 2.05) is 13.8 Å². The molecule has 1 aliphatic rings. The molecule has 1 fully saturated rings. The second-order valence-electron chi connectivity index (χ2n) is 7.93. The van der Waals surface area contributed by atoms with Crippen molar-refractivity contribution in [3.8, 4) is 0 Å². The van der Waals surface area contributed by atoms with Gasteiger partial charge in [0, 0.05) is 36.8 Å². The number of aromatic nitrogens is 2. The molecule has 1 aromatic rings. The molecular weight excluding hydrogens is 290 g/mol. The summed E-state index contributed by atoms with van der Waals surface area (Å²) in [5.41, 5.74) is 2.35. The quantitative estimate of drug-likeness (QED) is 0.779. The second kappa shape index (κ2) is 7.34. The highest BCUT2D eigenvalue weighted by molar-refractivity contribution is 5.74. The molecule has 130 valence electrons. The van der Waals surface area contributed by atoms with Crippen LogP contribution in [0.3, 0.4) is 0 Å². The summed E-state index contributed by atoms with van der Waals surface area (Å²) >= 11 is 0. The summed E-state index contributed by atoms with van der Waals surface area (Å²) in [5.74, 6) is 0.526. The first kappa shape index (κ1) is 17.8. The van der Waals surface area contributed by atoms with Gasteiger partial charge in [-0.25, -0.2) is 4.79 Å². The van der Waals surface area contributed by atoms with E-state index in [2.05, 4.69) is 52.6 Å². The summed E-state index contributed by atoms with van der Waals surface area (Å²) in [6, 6.07) is 2.27. The third-order valence-electron chi connectivity index (χ3n) is 4.13. The fraction of sp³-hybridized carbons (Fsp3) is 0.765. The lowest BCUT2D eigenvalue weighted by Gasteiger charge is -2.16. The topological polar surface area (TPSA) is 73.1 Å². The van der Waals surface area contributed by atoms with Crippen molar-refractivity contribution >= 4 is 6.03 Å². The van der Waals surface area contributed by atoms with Crippen LogP contribution in [0.5, 0.6) is 0 Å². The minimum Gasteiger partial charge on any atom is -0.338 e. The van der Waals surface area contributed by atoms with Gasteiger partial charge in [-0.3, -0.25) is 10.00 Å². The van der Waals surface area contributed by atoms with Crippen LogP contribution < -0.4 is 10.6 Å². The third-order valence-corrected chi connectivity index (χ3v) is 4.13. The second-order valence-corrected chi connectivity index (χ2v) is 7.93. The molecule has 23 heavy (non-hydrogen) atoms. The number of hydrogen-bond acceptors (Lipinski definition) is 3. The lowest BCUT2D eigenvalue weighted by molar-refractivity contribution is 0.236. The molecule has 2 amide bonds. The molecular formula is C17H31N5O. The molecule has 1 atom stereocenters. The Morgan fingerprint density at radius 3 is 2.83 bits per heavy atom. The molecule has 2 rings (SSSR count). The lowest BCUT2D eigenvalue weighted by atomic mass is 9.92. The van der Waals surface area contributed by atoms with Crippen molar-refractivity contribution in [2.24, 2.45) is 5.92 Å². The van der Waals surface area contributed by atoms with E-state index in [1.165, 1.54) is 5.69 Å². The highest BCUT2D eigenvalue weighted by Gasteiger charge is 2.24. The summed E-state index contributed by atoms with van der Waals surface area (Å²) in [6.07, 6.45) is 1.13. The zero-order valence-corrected chi connectivity index (χ0v) is 15.1. The van der Waals surface area contributed by atoms with Gasteiger partial charge < -0.3 is 10.6 Å². The normalized spacial score (nSPS) is 19.3. The Morgan fingerprint density at radius 1 is 1.48 bits per heavy atom. The largest absolute Gasteiger partial charge is 0.338 e. The van der Waals surface area contributed by atoms with Gasteiger partial charge in [0.15, 0.2) is 0 Å². The molecule has 1 aliphatic heterocycles. The van der Waals surface area contributed by atoms with Crippen LogP contribution >= 0.6 is 0 Å². The number of carbonyl (C=O) groups excluding carboxylic acids is 1. The van der Waals surface area contributed by atoms with Crippen LogP contribution in [0.2, 0.25) is 0 Å². The molecule has 0 radical (unpaired) electrons. The van der Waals surface area contributed by atoms with Crippen LogP contribution in [0.25, 0.3) is 0 Å². The van der Waals surface area contributed by atoms with Crippen LogP contribution in [-0.4, -0.2) is 46.8 Å². The zero-order chi connectivity index (χ0) is 17.0. The number of carbonyl (C=O) groups is 1. The Bertz CT molecular complexity index is 517. The summed E-state index contributed by atoms with van der Waals surface area (Å²) in [5, 5.41) is 13.4. The number of hydrogen-bond donors (Lipinski definition) is 3. The maximum atomic E-state index is 11.6. The number of nitrogens with zero attached hydrogens (tertiary/aromatic N) is 2. The Labute approximate surface area is 139 Å². The monoisotopic (exact) mass is 321 g/mol. The fourth-order valence-corrected chi connectivity index (χ4v) is 2.84.